The second kappa shape index (κ2) is 3.30. The maximum absolute atomic E-state index is 9.08. The highest BCUT2D eigenvalue weighted by atomic mass is 16.3. The molecule has 4 heteroatoms. The lowest BCUT2D eigenvalue weighted by molar-refractivity contribution is -0.0634. The fraction of sp³-hybridized carbons (Fsp3) is 1.00. The van der Waals surface area contributed by atoms with Crippen molar-refractivity contribution >= 4 is 0 Å². The third kappa shape index (κ3) is 10.8. The third-order valence-electron chi connectivity index (χ3n) is 0.612. The summed E-state index contributed by atoms with van der Waals surface area (Å²) in [5, 5.41) is 20.7. The Balaban J connectivity index is 0. The maximum Gasteiger partial charge on any atom is 0.112 e. The van der Waals surface area contributed by atoms with Crippen LogP contribution in [0, 0.1) is 0 Å². The molecule has 0 aromatic carbocycles. The van der Waals surface area contributed by atoms with Gasteiger partial charge in [0.2, 0.25) is 0 Å². The molecule has 0 unspecified atom stereocenters. The van der Waals surface area contributed by atoms with Crippen molar-refractivity contribution in [3.05, 3.63) is 0 Å². The molecule has 0 saturated heterocycles. The van der Waals surface area contributed by atoms with E-state index in [9.17, 15) is 0 Å². The molecule has 0 saturated carbocycles. The van der Waals surface area contributed by atoms with E-state index < -0.39 is 11.4 Å². The predicted octanol–water partition coefficient (Wildman–Crippen LogP) is 0.195. The Hall–Kier alpha value is -0.160. The van der Waals surface area contributed by atoms with Gasteiger partial charge in [-0.25, -0.2) is 0 Å². The van der Waals surface area contributed by atoms with Crippen LogP contribution in [0.3, 0.4) is 0 Å². The van der Waals surface area contributed by atoms with Crippen LogP contribution < -0.4 is 11.5 Å². The lowest BCUT2D eigenvalue weighted by atomic mass is 10.2. The first-order valence-electron chi connectivity index (χ1n) is 2.95. The lowest BCUT2D eigenvalue weighted by Gasteiger charge is -2.28. The van der Waals surface area contributed by atoms with E-state index in [1.807, 2.05) is 0 Å². The van der Waals surface area contributed by atoms with E-state index in [0.29, 0.717) is 0 Å². The largest absolute Gasteiger partial charge is 0.376 e. The molecule has 10 heavy (non-hydrogen) atoms. The molecule has 4 nitrogen and oxygen atoms in total. The number of rotatable bonds is 2. The van der Waals surface area contributed by atoms with Crippen molar-refractivity contribution in [3.8, 4) is 0 Å². The van der Waals surface area contributed by atoms with Gasteiger partial charge in [-0.3, -0.25) is 5.32 Å². The predicted molar refractivity (Wildman–Crippen MR) is 40.8 cm³/mol. The Morgan fingerprint density at radius 3 is 1.10 bits per heavy atom. The Morgan fingerprint density at radius 2 is 1.10 bits per heavy atom. The molecule has 0 radical (unpaired) electrons. The molecule has 0 bridgehead atoms. The zero-order valence-electron chi connectivity index (χ0n) is 7.10. The van der Waals surface area contributed by atoms with Crippen LogP contribution in [-0.2, 0) is 0 Å². The molecule has 0 spiro atoms. The second-order valence-electron chi connectivity index (χ2n) is 3.24. The average Bonchev–Trinajstić information content (AvgIpc) is 1.14. The van der Waals surface area contributed by atoms with Gasteiger partial charge in [0.1, 0.15) is 11.4 Å². The summed E-state index contributed by atoms with van der Waals surface area (Å²) in [6.07, 6.45) is 0. The fourth-order valence-electron chi connectivity index (χ4n) is 0.749. The van der Waals surface area contributed by atoms with Gasteiger partial charge in [0.05, 0.1) is 0 Å². The minimum atomic E-state index is -1.02. The summed E-state index contributed by atoms with van der Waals surface area (Å²) >= 11 is 0. The number of hydrogen-bond donors (Lipinski definition) is 4. The summed E-state index contributed by atoms with van der Waals surface area (Å²) in [4.78, 5) is 0. The van der Waals surface area contributed by atoms with Crippen LogP contribution in [0.1, 0.15) is 27.7 Å². The summed E-state index contributed by atoms with van der Waals surface area (Å²) in [5.74, 6) is 0. The SMILES string of the molecule is CC(C)(O)NC(C)(C)O.N. The van der Waals surface area contributed by atoms with Gasteiger partial charge >= 0.3 is 0 Å². The maximum atomic E-state index is 9.08. The normalized spacial score (nSPS) is 12.6. The van der Waals surface area contributed by atoms with Gasteiger partial charge in [-0.15, -0.1) is 0 Å². The highest BCUT2D eigenvalue weighted by molar-refractivity contribution is 4.70. The van der Waals surface area contributed by atoms with Gasteiger partial charge in [-0.05, 0) is 27.7 Å². The van der Waals surface area contributed by atoms with Crippen molar-refractivity contribution in [2.75, 3.05) is 0 Å². The Kier molecular flexibility index (Phi) is 4.12. The summed E-state index contributed by atoms with van der Waals surface area (Å²) in [7, 11) is 0. The van der Waals surface area contributed by atoms with E-state index >= 15 is 0 Å². The molecule has 0 amide bonds. The van der Waals surface area contributed by atoms with Gasteiger partial charge < -0.3 is 16.4 Å². The monoisotopic (exact) mass is 150 g/mol. The standard InChI is InChI=1S/C6H15NO2.H3N/c1-5(2,8)7-6(3,4)9;/h7-9H,1-4H3;1H3. The molecule has 0 aromatic heterocycles. The topological polar surface area (TPSA) is 87.5 Å². The highest BCUT2D eigenvalue weighted by Gasteiger charge is 2.21. The van der Waals surface area contributed by atoms with Gasteiger partial charge in [0.15, 0.2) is 0 Å². The van der Waals surface area contributed by atoms with Crippen LogP contribution in [-0.4, -0.2) is 21.7 Å². The molecule has 0 aromatic rings. The molecule has 0 atom stereocenters. The molecular weight excluding hydrogens is 132 g/mol. The van der Waals surface area contributed by atoms with Crippen molar-refractivity contribution in [1.82, 2.24) is 11.5 Å². The molecular formula is C6H18N2O2. The quantitative estimate of drug-likeness (QED) is 0.423. The van der Waals surface area contributed by atoms with E-state index in [4.69, 9.17) is 10.2 Å². The number of nitrogens with one attached hydrogen (secondary N) is 1. The molecule has 0 fully saturated rings. The molecule has 0 aliphatic heterocycles. The number of aliphatic hydroxyl groups is 2. The van der Waals surface area contributed by atoms with Crippen LogP contribution in [0.25, 0.3) is 0 Å². The Bertz CT molecular complexity index is 78.9. The van der Waals surface area contributed by atoms with Crippen molar-refractivity contribution < 1.29 is 10.2 Å². The second-order valence-corrected chi connectivity index (χ2v) is 3.24. The zero-order valence-corrected chi connectivity index (χ0v) is 7.10. The first-order chi connectivity index (χ1) is 3.71. The summed E-state index contributed by atoms with van der Waals surface area (Å²) < 4.78 is 0. The molecule has 6 N–H and O–H groups in total. The molecule has 0 rings (SSSR count). The van der Waals surface area contributed by atoms with Gasteiger partial charge in [0, 0.05) is 0 Å². The molecule has 0 aliphatic carbocycles. The summed E-state index contributed by atoms with van der Waals surface area (Å²) in [6, 6.07) is 0. The average molecular weight is 150 g/mol. The van der Waals surface area contributed by atoms with E-state index in [2.05, 4.69) is 5.32 Å². The van der Waals surface area contributed by atoms with Crippen LogP contribution in [0.4, 0.5) is 0 Å². The van der Waals surface area contributed by atoms with E-state index in [-0.39, 0.29) is 6.15 Å². The first-order valence-corrected chi connectivity index (χ1v) is 2.95. The Labute approximate surface area is 61.8 Å². The summed E-state index contributed by atoms with van der Waals surface area (Å²) in [6.45, 7) is 6.30. The minimum absolute atomic E-state index is 0. The lowest BCUT2D eigenvalue weighted by Crippen LogP contribution is -2.51. The van der Waals surface area contributed by atoms with Crippen molar-refractivity contribution in [2.24, 2.45) is 0 Å². The summed E-state index contributed by atoms with van der Waals surface area (Å²) in [5.41, 5.74) is -2.03. The van der Waals surface area contributed by atoms with Crippen molar-refractivity contribution in [1.29, 1.82) is 0 Å². The van der Waals surface area contributed by atoms with Crippen molar-refractivity contribution in [3.63, 3.8) is 0 Å². The highest BCUT2D eigenvalue weighted by Crippen LogP contribution is 2.03. The van der Waals surface area contributed by atoms with Crippen molar-refractivity contribution in [2.45, 2.75) is 39.1 Å². The van der Waals surface area contributed by atoms with Crippen LogP contribution >= 0.6 is 0 Å². The van der Waals surface area contributed by atoms with Crippen LogP contribution in [0.15, 0.2) is 0 Å². The van der Waals surface area contributed by atoms with Crippen LogP contribution in [0.2, 0.25) is 0 Å². The minimum Gasteiger partial charge on any atom is -0.376 e. The smallest absolute Gasteiger partial charge is 0.112 e. The van der Waals surface area contributed by atoms with Gasteiger partial charge in [-0.2, -0.15) is 0 Å². The number of hydrogen-bond acceptors (Lipinski definition) is 4. The third-order valence-corrected chi connectivity index (χ3v) is 0.612. The molecule has 0 heterocycles. The zero-order chi connectivity index (χ0) is 7.71. The molecule has 64 valence electrons. The van der Waals surface area contributed by atoms with Gasteiger partial charge in [0.25, 0.3) is 0 Å². The fourth-order valence-corrected chi connectivity index (χ4v) is 0.749. The van der Waals surface area contributed by atoms with E-state index in [1.54, 1.807) is 27.7 Å². The molecule has 0 aliphatic rings. The van der Waals surface area contributed by atoms with Gasteiger partial charge in [-0.1, -0.05) is 0 Å². The van der Waals surface area contributed by atoms with E-state index in [1.165, 1.54) is 0 Å². The van der Waals surface area contributed by atoms with E-state index in [0.717, 1.165) is 0 Å². The van der Waals surface area contributed by atoms with Crippen LogP contribution in [0.5, 0.6) is 0 Å². The Morgan fingerprint density at radius 1 is 0.900 bits per heavy atom. The first kappa shape index (κ1) is 12.5.